The molecule has 0 bridgehead atoms. The van der Waals surface area contributed by atoms with E-state index < -0.39 is 16.1 Å². The van der Waals surface area contributed by atoms with E-state index in [2.05, 4.69) is 26.3 Å². The van der Waals surface area contributed by atoms with E-state index in [-0.39, 0.29) is 17.3 Å². The minimum atomic E-state index is -3.82. The summed E-state index contributed by atoms with van der Waals surface area (Å²) in [5.41, 5.74) is 0.235. The molecule has 0 spiro atoms. The Morgan fingerprint density at radius 3 is 2.83 bits per heavy atom. The quantitative estimate of drug-likeness (QED) is 0.659. The summed E-state index contributed by atoms with van der Waals surface area (Å²) in [5, 5.41) is 7.09. The molecular formula is C9H13BrN4O3S. The fraction of sp³-hybridized carbons (Fsp3) is 0.556. The molecule has 0 aromatic carbocycles. The number of alkyl halides is 1. The number of sulfonamides is 1. The lowest BCUT2D eigenvalue weighted by molar-refractivity contribution is 0.234. The number of carbonyl (C=O) groups excluding carboxylic acids is 1. The van der Waals surface area contributed by atoms with Crippen molar-refractivity contribution in [2.75, 3.05) is 17.2 Å². The van der Waals surface area contributed by atoms with E-state index in [0.29, 0.717) is 6.42 Å². The van der Waals surface area contributed by atoms with Gasteiger partial charge >= 0.3 is 6.03 Å². The Bertz CT molecular complexity index is 568. The number of urea groups is 1. The molecule has 1 aliphatic rings. The van der Waals surface area contributed by atoms with E-state index >= 15 is 0 Å². The Hall–Kier alpha value is -1.09. The van der Waals surface area contributed by atoms with Crippen molar-refractivity contribution in [1.29, 1.82) is 0 Å². The standard InChI is InChI=1S/C9H13BrN4O3S/c1-13-6-7-8(12-13)18(16,17)14(9(15)11-7)5-3-2-4-10/h6H,2-5H2,1H3,(H,11,15). The topological polar surface area (TPSA) is 84.3 Å². The molecule has 2 heterocycles. The van der Waals surface area contributed by atoms with Crippen molar-refractivity contribution in [2.24, 2.45) is 7.05 Å². The van der Waals surface area contributed by atoms with E-state index in [1.54, 1.807) is 7.05 Å². The smallest absolute Gasteiger partial charge is 0.303 e. The molecule has 0 saturated heterocycles. The Kier molecular flexibility index (Phi) is 3.62. The predicted octanol–water partition coefficient (Wildman–Crippen LogP) is 1.13. The normalized spacial score (nSPS) is 17.4. The van der Waals surface area contributed by atoms with Gasteiger partial charge < -0.3 is 5.32 Å². The first-order chi connectivity index (χ1) is 8.46. The molecule has 0 atom stereocenters. The lowest BCUT2D eigenvalue weighted by Gasteiger charge is -2.25. The van der Waals surface area contributed by atoms with Gasteiger partial charge in [0.15, 0.2) is 0 Å². The van der Waals surface area contributed by atoms with Crippen LogP contribution < -0.4 is 5.32 Å². The molecule has 100 valence electrons. The maximum absolute atomic E-state index is 12.2. The first kappa shape index (κ1) is 13.3. The molecule has 1 N–H and O–H groups in total. The summed E-state index contributed by atoms with van der Waals surface area (Å²) in [7, 11) is -2.21. The summed E-state index contributed by atoms with van der Waals surface area (Å²) >= 11 is 3.26. The van der Waals surface area contributed by atoms with Crippen molar-refractivity contribution in [1.82, 2.24) is 14.1 Å². The highest BCUT2D eigenvalue weighted by Crippen LogP contribution is 2.28. The van der Waals surface area contributed by atoms with Crippen LogP contribution in [0.1, 0.15) is 12.8 Å². The van der Waals surface area contributed by atoms with Crippen LogP contribution in [0.4, 0.5) is 10.5 Å². The summed E-state index contributed by atoms with van der Waals surface area (Å²) < 4.78 is 26.6. The van der Waals surface area contributed by atoms with Gasteiger partial charge in [-0.2, -0.15) is 13.5 Å². The number of aromatic nitrogens is 2. The molecule has 0 fully saturated rings. The van der Waals surface area contributed by atoms with Gasteiger partial charge in [0, 0.05) is 25.1 Å². The van der Waals surface area contributed by atoms with Crippen molar-refractivity contribution in [3.05, 3.63) is 6.20 Å². The second-order valence-corrected chi connectivity index (χ2v) is 6.50. The van der Waals surface area contributed by atoms with Crippen LogP contribution in [0.2, 0.25) is 0 Å². The van der Waals surface area contributed by atoms with E-state index in [0.717, 1.165) is 16.1 Å². The number of fused-ring (bicyclic) bond motifs is 1. The number of amides is 2. The summed E-state index contributed by atoms with van der Waals surface area (Å²) in [5.74, 6) is 0. The van der Waals surface area contributed by atoms with Crippen LogP contribution in [0.5, 0.6) is 0 Å². The third kappa shape index (κ3) is 2.24. The number of unbranched alkanes of at least 4 members (excludes halogenated alkanes) is 1. The van der Waals surface area contributed by atoms with Crippen LogP contribution in [-0.2, 0) is 17.1 Å². The van der Waals surface area contributed by atoms with Crippen LogP contribution in [0.3, 0.4) is 0 Å². The summed E-state index contributed by atoms with van der Waals surface area (Å²) in [6, 6.07) is -0.620. The monoisotopic (exact) mass is 336 g/mol. The Morgan fingerprint density at radius 1 is 1.44 bits per heavy atom. The number of halogens is 1. The van der Waals surface area contributed by atoms with Crippen molar-refractivity contribution in [2.45, 2.75) is 17.9 Å². The van der Waals surface area contributed by atoms with Crippen LogP contribution >= 0.6 is 15.9 Å². The SMILES string of the molecule is Cn1cc2c(n1)S(=O)(=O)N(CCCCBr)C(=O)N2. The number of anilines is 1. The number of nitrogens with one attached hydrogen (secondary N) is 1. The number of aryl methyl sites for hydroxylation is 1. The molecule has 0 radical (unpaired) electrons. The molecule has 2 amide bonds. The Labute approximate surface area is 113 Å². The molecule has 7 nitrogen and oxygen atoms in total. The van der Waals surface area contributed by atoms with E-state index in [1.807, 2.05) is 0 Å². The number of hydrogen-bond donors (Lipinski definition) is 1. The van der Waals surface area contributed by atoms with Crippen LogP contribution in [0.25, 0.3) is 0 Å². The highest BCUT2D eigenvalue weighted by molar-refractivity contribution is 9.09. The van der Waals surface area contributed by atoms with Gasteiger partial charge in [0.2, 0.25) is 5.03 Å². The highest BCUT2D eigenvalue weighted by Gasteiger charge is 2.38. The number of rotatable bonds is 4. The first-order valence-corrected chi connectivity index (χ1v) is 7.96. The molecule has 0 unspecified atom stereocenters. The maximum atomic E-state index is 12.2. The van der Waals surface area contributed by atoms with Crippen molar-refractivity contribution < 1.29 is 13.2 Å². The average Bonchev–Trinajstić information content (AvgIpc) is 2.65. The molecule has 2 rings (SSSR count). The fourth-order valence-corrected chi connectivity index (χ4v) is 3.56. The average molecular weight is 337 g/mol. The molecule has 9 heteroatoms. The zero-order valence-corrected chi connectivity index (χ0v) is 12.2. The van der Waals surface area contributed by atoms with Crippen LogP contribution in [-0.4, -0.2) is 40.4 Å². The molecule has 18 heavy (non-hydrogen) atoms. The third-order valence-electron chi connectivity index (χ3n) is 2.54. The highest BCUT2D eigenvalue weighted by atomic mass is 79.9. The van der Waals surface area contributed by atoms with Gasteiger partial charge in [-0.15, -0.1) is 0 Å². The van der Waals surface area contributed by atoms with Gasteiger partial charge in [-0.25, -0.2) is 9.10 Å². The number of carbonyl (C=O) groups is 1. The largest absolute Gasteiger partial charge is 0.335 e. The second-order valence-electron chi connectivity index (χ2n) is 3.93. The van der Waals surface area contributed by atoms with Gasteiger partial charge in [-0.1, -0.05) is 15.9 Å². The molecule has 1 aliphatic heterocycles. The molecular weight excluding hydrogens is 324 g/mol. The van der Waals surface area contributed by atoms with Gasteiger partial charge in [-0.05, 0) is 12.8 Å². The van der Waals surface area contributed by atoms with Gasteiger partial charge in [0.05, 0.1) is 0 Å². The zero-order chi connectivity index (χ0) is 13.3. The molecule has 1 aromatic rings. The molecule has 0 aliphatic carbocycles. The number of hydrogen-bond acceptors (Lipinski definition) is 4. The predicted molar refractivity (Wildman–Crippen MR) is 69.1 cm³/mol. The van der Waals surface area contributed by atoms with Gasteiger partial charge in [0.1, 0.15) is 5.69 Å². The van der Waals surface area contributed by atoms with Crippen LogP contribution in [0.15, 0.2) is 11.2 Å². The van der Waals surface area contributed by atoms with Crippen molar-refractivity contribution >= 4 is 37.7 Å². The Balaban J connectivity index is 2.31. The van der Waals surface area contributed by atoms with Gasteiger partial charge in [0.25, 0.3) is 10.0 Å². The lowest BCUT2D eigenvalue weighted by Crippen LogP contribution is -2.44. The summed E-state index contributed by atoms with van der Waals surface area (Å²) in [4.78, 5) is 11.8. The minimum Gasteiger partial charge on any atom is -0.303 e. The molecule has 0 saturated carbocycles. The van der Waals surface area contributed by atoms with E-state index in [1.165, 1.54) is 10.9 Å². The third-order valence-corrected chi connectivity index (χ3v) is 4.82. The van der Waals surface area contributed by atoms with Crippen LogP contribution in [0, 0.1) is 0 Å². The molecule has 1 aromatic heterocycles. The van der Waals surface area contributed by atoms with E-state index in [9.17, 15) is 13.2 Å². The minimum absolute atomic E-state index is 0.0940. The fourth-order valence-electron chi connectivity index (χ4n) is 1.71. The number of nitrogens with zero attached hydrogens (tertiary/aromatic N) is 3. The van der Waals surface area contributed by atoms with E-state index in [4.69, 9.17) is 0 Å². The van der Waals surface area contributed by atoms with Gasteiger partial charge in [-0.3, -0.25) is 4.68 Å². The summed E-state index contributed by atoms with van der Waals surface area (Å²) in [6.45, 7) is 0.162. The zero-order valence-electron chi connectivity index (χ0n) is 9.76. The lowest BCUT2D eigenvalue weighted by atomic mass is 10.3. The van der Waals surface area contributed by atoms with Crippen molar-refractivity contribution in [3.63, 3.8) is 0 Å². The second kappa shape index (κ2) is 4.88. The van der Waals surface area contributed by atoms with Crippen molar-refractivity contribution in [3.8, 4) is 0 Å². The maximum Gasteiger partial charge on any atom is 0.335 e. The Morgan fingerprint density at radius 2 is 2.17 bits per heavy atom. The summed E-state index contributed by atoms with van der Waals surface area (Å²) in [6.07, 6.45) is 2.88. The first-order valence-electron chi connectivity index (χ1n) is 5.40.